The number of hydrogen-bond donors (Lipinski definition) is 3. The van der Waals surface area contributed by atoms with Crippen LogP contribution in [0.5, 0.6) is 0 Å². The molecular formula is C34H45F2N3O5. The van der Waals surface area contributed by atoms with Crippen LogP contribution in [0.1, 0.15) is 94.6 Å². The number of nitrogens with one attached hydrogen (secondary N) is 2. The van der Waals surface area contributed by atoms with Gasteiger partial charge in [-0.1, -0.05) is 32.9 Å². The summed E-state index contributed by atoms with van der Waals surface area (Å²) < 4.78 is 34.6. The van der Waals surface area contributed by atoms with E-state index in [0.29, 0.717) is 30.2 Å². The summed E-state index contributed by atoms with van der Waals surface area (Å²) in [5.41, 5.74) is 0.834. The number of ether oxygens (including phenoxy) is 1. The Morgan fingerprint density at radius 1 is 1.11 bits per heavy atom. The van der Waals surface area contributed by atoms with Crippen molar-refractivity contribution in [3.63, 3.8) is 0 Å². The first-order valence-corrected chi connectivity index (χ1v) is 15.5. The van der Waals surface area contributed by atoms with E-state index in [1.165, 1.54) is 20.1 Å². The van der Waals surface area contributed by atoms with Crippen molar-refractivity contribution in [2.75, 3.05) is 13.7 Å². The zero-order chi connectivity index (χ0) is 32.2. The minimum Gasteiger partial charge on any atom is -0.481 e. The number of Topliss-reactive ketones (excluding diaryl/α,β-unsaturated/α-hetero) is 1. The highest BCUT2D eigenvalue weighted by atomic mass is 19.1. The summed E-state index contributed by atoms with van der Waals surface area (Å²) >= 11 is 0. The van der Waals surface area contributed by atoms with E-state index in [1.54, 1.807) is 12.1 Å². The second kappa shape index (κ2) is 13.8. The first-order valence-electron chi connectivity index (χ1n) is 15.5. The van der Waals surface area contributed by atoms with Gasteiger partial charge in [-0.05, 0) is 85.6 Å². The maximum absolute atomic E-state index is 14.8. The molecule has 3 aliphatic rings. The number of ketones is 1. The standard InChI is InChI=1S/C34H45F2N3O5/c1-20(40)29(24-18-26(35)31(44-5)27(36)19-24)38-34(15-12-25(13-16-34)33(2,3)4)39-30(21-6-7-21)22-8-10-23(11-9-22)32(43)37-17-14-28(41)42/h8-11,18-19,21,25-26,30-31,39H,6-7,12-17H2,1-5H3,(H,37,43)(H,41,42)/b38-29+/t25?,26?,30-,31?,34?/m1/s1. The number of halogens is 2. The van der Waals surface area contributed by atoms with Crippen LogP contribution in [0.3, 0.4) is 0 Å². The fraction of sp³-hybridized carbons (Fsp3) is 0.588. The SMILES string of the molecule is COC1C(F)=CC(/C(=N/C2(N[C@@H](c3ccc(C(=O)NCCC(=O)O)cc3)C3CC3)CCC(C(C)(C)C)CC2)C(C)=O)=CC1F. The molecule has 0 spiro atoms. The highest BCUT2D eigenvalue weighted by Crippen LogP contribution is 2.47. The number of nitrogens with zero attached hydrogens (tertiary/aromatic N) is 1. The Morgan fingerprint density at radius 3 is 2.25 bits per heavy atom. The van der Waals surface area contributed by atoms with Gasteiger partial charge in [0, 0.05) is 37.8 Å². The molecule has 4 rings (SSSR count). The average molecular weight is 614 g/mol. The van der Waals surface area contributed by atoms with Gasteiger partial charge in [0.25, 0.3) is 5.91 Å². The van der Waals surface area contributed by atoms with Crippen molar-refractivity contribution in [1.82, 2.24) is 10.6 Å². The Bertz CT molecular complexity index is 1320. The van der Waals surface area contributed by atoms with E-state index < -0.39 is 29.7 Å². The van der Waals surface area contributed by atoms with E-state index in [-0.39, 0.29) is 47.4 Å². The highest BCUT2D eigenvalue weighted by Gasteiger charge is 2.44. The summed E-state index contributed by atoms with van der Waals surface area (Å²) in [6.07, 6.45) is 4.19. The van der Waals surface area contributed by atoms with Crippen molar-refractivity contribution in [2.45, 2.75) is 96.6 Å². The number of carboxylic acids is 1. The molecule has 0 radical (unpaired) electrons. The molecule has 0 saturated heterocycles. The van der Waals surface area contributed by atoms with E-state index >= 15 is 0 Å². The largest absolute Gasteiger partial charge is 0.481 e. The Kier molecular flexibility index (Phi) is 10.6. The molecule has 0 aromatic heterocycles. The average Bonchev–Trinajstić information content (AvgIpc) is 3.80. The van der Waals surface area contributed by atoms with Crippen LogP contribution in [-0.4, -0.2) is 60.1 Å². The number of aliphatic carboxylic acids is 1. The van der Waals surface area contributed by atoms with E-state index in [4.69, 9.17) is 14.8 Å². The smallest absolute Gasteiger partial charge is 0.305 e. The van der Waals surface area contributed by atoms with Crippen molar-refractivity contribution in [1.29, 1.82) is 0 Å². The molecule has 8 nitrogen and oxygen atoms in total. The monoisotopic (exact) mass is 613 g/mol. The number of carbonyl (C=O) groups excluding carboxylic acids is 2. The Labute approximate surface area is 258 Å². The van der Waals surface area contributed by atoms with Gasteiger partial charge in [0.05, 0.1) is 6.42 Å². The molecule has 2 unspecified atom stereocenters. The molecule has 0 heterocycles. The lowest BCUT2D eigenvalue weighted by Gasteiger charge is -2.44. The third kappa shape index (κ3) is 8.27. The van der Waals surface area contributed by atoms with Crippen LogP contribution >= 0.6 is 0 Å². The number of carboxylic acid groups (broad SMARTS) is 1. The van der Waals surface area contributed by atoms with Crippen LogP contribution in [-0.2, 0) is 14.3 Å². The molecule has 0 bridgehead atoms. The minimum atomic E-state index is -1.75. The number of amides is 1. The molecule has 1 aromatic carbocycles. The molecule has 3 atom stereocenters. The maximum Gasteiger partial charge on any atom is 0.305 e. The van der Waals surface area contributed by atoms with Crippen molar-refractivity contribution in [3.05, 3.63) is 58.9 Å². The normalized spacial score (nSPS) is 26.8. The predicted molar refractivity (Wildman–Crippen MR) is 165 cm³/mol. The van der Waals surface area contributed by atoms with Gasteiger partial charge in [-0.25, -0.2) is 8.78 Å². The highest BCUT2D eigenvalue weighted by molar-refractivity contribution is 6.46. The molecule has 1 aromatic rings. The minimum absolute atomic E-state index is 0.0432. The van der Waals surface area contributed by atoms with Crippen molar-refractivity contribution >= 4 is 23.4 Å². The lowest BCUT2D eigenvalue weighted by molar-refractivity contribution is -0.136. The molecule has 0 aliphatic heterocycles. The second-order valence-corrected chi connectivity index (χ2v) is 13.4. The second-order valence-electron chi connectivity index (χ2n) is 13.4. The zero-order valence-electron chi connectivity index (χ0n) is 26.3. The van der Waals surface area contributed by atoms with Crippen LogP contribution in [0.4, 0.5) is 8.78 Å². The summed E-state index contributed by atoms with van der Waals surface area (Å²) in [5.74, 6) is -1.69. The van der Waals surface area contributed by atoms with Gasteiger partial charge in [-0.2, -0.15) is 0 Å². The maximum atomic E-state index is 14.8. The van der Waals surface area contributed by atoms with E-state index in [2.05, 4.69) is 31.4 Å². The predicted octanol–water partition coefficient (Wildman–Crippen LogP) is 6.04. The van der Waals surface area contributed by atoms with Crippen LogP contribution in [0.2, 0.25) is 0 Å². The van der Waals surface area contributed by atoms with E-state index in [9.17, 15) is 23.2 Å². The van der Waals surface area contributed by atoms with Gasteiger partial charge in [0.1, 0.15) is 23.3 Å². The third-order valence-electron chi connectivity index (χ3n) is 9.09. The number of alkyl halides is 1. The summed E-state index contributed by atoms with van der Waals surface area (Å²) in [5, 5.41) is 15.3. The molecule has 240 valence electrons. The Balaban J connectivity index is 1.66. The molecule has 44 heavy (non-hydrogen) atoms. The number of rotatable bonds is 12. The summed E-state index contributed by atoms with van der Waals surface area (Å²) in [6, 6.07) is 7.13. The molecule has 3 aliphatic carbocycles. The van der Waals surface area contributed by atoms with Crippen molar-refractivity contribution in [3.8, 4) is 0 Å². The van der Waals surface area contributed by atoms with Gasteiger partial charge in [0.15, 0.2) is 12.0 Å². The number of methoxy groups -OCH3 is 1. The summed E-state index contributed by atoms with van der Waals surface area (Å²) in [6.45, 7) is 8.09. The number of allylic oxidation sites excluding steroid dienone is 2. The number of aliphatic imine (C=N–C) groups is 1. The van der Waals surface area contributed by atoms with Gasteiger partial charge in [-0.3, -0.25) is 24.7 Å². The van der Waals surface area contributed by atoms with Gasteiger partial charge >= 0.3 is 5.97 Å². The van der Waals surface area contributed by atoms with E-state index in [0.717, 1.165) is 37.3 Å². The quantitative estimate of drug-likeness (QED) is 0.248. The van der Waals surface area contributed by atoms with E-state index in [1.807, 2.05) is 12.1 Å². The molecular weight excluding hydrogens is 568 g/mol. The van der Waals surface area contributed by atoms with Crippen LogP contribution < -0.4 is 10.6 Å². The number of carbonyl (C=O) groups is 3. The lowest BCUT2D eigenvalue weighted by Crippen LogP contribution is -2.50. The number of benzene rings is 1. The molecule has 2 saturated carbocycles. The van der Waals surface area contributed by atoms with Crippen molar-refractivity contribution in [2.24, 2.45) is 22.2 Å². The molecule has 1 amide bonds. The third-order valence-corrected chi connectivity index (χ3v) is 9.09. The summed E-state index contributed by atoms with van der Waals surface area (Å²) in [4.78, 5) is 41.3. The van der Waals surface area contributed by atoms with Gasteiger partial charge in [0.2, 0.25) is 0 Å². The van der Waals surface area contributed by atoms with Crippen molar-refractivity contribution < 1.29 is 33.0 Å². The van der Waals surface area contributed by atoms with Crippen LogP contribution in [0.15, 0.2) is 52.8 Å². The fourth-order valence-corrected chi connectivity index (χ4v) is 6.31. The Morgan fingerprint density at radius 2 is 1.75 bits per heavy atom. The van der Waals surface area contributed by atoms with Crippen LogP contribution in [0, 0.1) is 17.3 Å². The van der Waals surface area contributed by atoms with Gasteiger partial charge in [-0.15, -0.1) is 0 Å². The molecule has 3 N–H and O–H groups in total. The number of hydrogen-bond acceptors (Lipinski definition) is 6. The first-order chi connectivity index (χ1) is 20.7. The summed E-state index contributed by atoms with van der Waals surface area (Å²) in [7, 11) is 1.24. The Hall–Kier alpha value is -3.24. The topological polar surface area (TPSA) is 117 Å². The first kappa shape index (κ1) is 33.6. The zero-order valence-corrected chi connectivity index (χ0v) is 26.3. The molecule has 2 fully saturated rings. The van der Waals surface area contributed by atoms with Gasteiger partial charge < -0.3 is 15.2 Å². The molecule has 10 heteroatoms. The fourth-order valence-electron chi connectivity index (χ4n) is 6.31. The lowest BCUT2D eigenvalue weighted by atomic mass is 9.69. The van der Waals surface area contributed by atoms with Crippen LogP contribution in [0.25, 0.3) is 0 Å².